The Morgan fingerprint density at radius 1 is 1.33 bits per heavy atom. The molecule has 3 rings (SSSR count). The fourth-order valence-electron chi connectivity index (χ4n) is 2.25. The van der Waals surface area contributed by atoms with Crippen LogP contribution in [0, 0.1) is 0 Å². The summed E-state index contributed by atoms with van der Waals surface area (Å²) < 4.78 is 8.68. The van der Waals surface area contributed by atoms with E-state index in [0.29, 0.717) is 6.04 Å². The molecule has 1 fully saturated rings. The van der Waals surface area contributed by atoms with Crippen molar-refractivity contribution in [2.75, 3.05) is 13.2 Å². The molecule has 1 aromatic rings. The Hall–Kier alpha value is -0.000000000000000111. The highest BCUT2D eigenvalue weighted by molar-refractivity contribution is 9.10. The highest BCUT2D eigenvalue weighted by atomic mass is 79.9. The lowest BCUT2D eigenvalue weighted by Gasteiger charge is -2.23. The van der Waals surface area contributed by atoms with Crippen LogP contribution in [0.25, 0.3) is 0 Å². The highest BCUT2D eigenvalue weighted by Gasteiger charge is 2.26. The Bertz CT molecular complexity index is 374. The molecule has 2 aliphatic rings. The Kier molecular flexibility index (Phi) is 2.79. The van der Waals surface area contributed by atoms with E-state index in [0.717, 1.165) is 42.2 Å². The number of hydrogen-bond donors (Lipinski definition) is 0. The van der Waals surface area contributed by atoms with Crippen molar-refractivity contribution in [1.82, 2.24) is 9.78 Å². The van der Waals surface area contributed by atoms with Crippen molar-refractivity contribution >= 4 is 27.7 Å². The van der Waals surface area contributed by atoms with E-state index in [1.54, 1.807) is 0 Å². The van der Waals surface area contributed by atoms with E-state index in [9.17, 15) is 0 Å². The second kappa shape index (κ2) is 4.11. The molecule has 2 aliphatic heterocycles. The molecule has 0 aromatic carbocycles. The molecule has 0 saturated carbocycles. The smallest absolute Gasteiger partial charge is 0.132 e. The lowest BCUT2D eigenvalue weighted by atomic mass is 10.1. The van der Waals surface area contributed by atoms with E-state index in [2.05, 4.69) is 25.7 Å². The molecule has 0 atom stereocenters. The first-order valence-electron chi connectivity index (χ1n) is 5.27. The summed E-state index contributed by atoms with van der Waals surface area (Å²) in [6, 6.07) is 0.553. The fraction of sp³-hybridized carbons (Fsp3) is 0.700. The quantitative estimate of drug-likeness (QED) is 0.795. The Balaban J connectivity index is 1.93. The third kappa shape index (κ3) is 1.74. The van der Waals surface area contributed by atoms with Crippen molar-refractivity contribution in [3.05, 3.63) is 15.9 Å². The van der Waals surface area contributed by atoms with Gasteiger partial charge in [-0.3, -0.25) is 4.68 Å². The number of rotatable bonds is 1. The molecule has 0 radical (unpaired) electrons. The standard InChI is InChI=1S/C10H13BrN2OS/c11-10-8-5-15-6-9(8)13(12-10)7-1-3-14-4-2-7/h7H,1-6H2. The normalized spacial score (nSPS) is 21.9. The first-order chi connectivity index (χ1) is 7.36. The van der Waals surface area contributed by atoms with Crippen LogP contribution in [0.15, 0.2) is 4.60 Å². The van der Waals surface area contributed by atoms with Crippen LogP contribution < -0.4 is 0 Å². The van der Waals surface area contributed by atoms with Gasteiger partial charge in [0.05, 0.1) is 11.7 Å². The molecular formula is C10H13BrN2OS. The maximum Gasteiger partial charge on any atom is 0.132 e. The van der Waals surface area contributed by atoms with E-state index in [4.69, 9.17) is 4.74 Å². The van der Waals surface area contributed by atoms with Gasteiger partial charge in [0, 0.05) is 30.3 Å². The fourth-order valence-corrected chi connectivity index (χ4v) is 4.09. The maximum absolute atomic E-state index is 5.39. The van der Waals surface area contributed by atoms with Gasteiger partial charge in [-0.15, -0.1) is 0 Å². The Labute approximate surface area is 102 Å². The van der Waals surface area contributed by atoms with Crippen LogP contribution in [-0.2, 0) is 16.2 Å². The van der Waals surface area contributed by atoms with Gasteiger partial charge in [-0.2, -0.15) is 16.9 Å². The summed E-state index contributed by atoms with van der Waals surface area (Å²) in [4.78, 5) is 0. The van der Waals surface area contributed by atoms with Crippen molar-refractivity contribution in [3.63, 3.8) is 0 Å². The number of hydrogen-bond acceptors (Lipinski definition) is 3. The zero-order chi connectivity index (χ0) is 10.3. The molecule has 0 bridgehead atoms. The SMILES string of the molecule is Brc1nn(C2CCOCC2)c2c1CSC2. The zero-order valence-electron chi connectivity index (χ0n) is 8.41. The van der Waals surface area contributed by atoms with E-state index < -0.39 is 0 Å². The summed E-state index contributed by atoms with van der Waals surface area (Å²) >= 11 is 5.54. The molecule has 0 unspecified atom stereocenters. The number of ether oxygens (including phenoxy) is 1. The van der Waals surface area contributed by atoms with Gasteiger partial charge in [-0.1, -0.05) is 0 Å². The maximum atomic E-state index is 5.39. The average molecular weight is 289 g/mol. The molecule has 1 aromatic heterocycles. The molecule has 0 aliphatic carbocycles. The van der Waals surface area contributed by atoms with Gasteiger partial charge in [-0.05, 0) is 28.8 Å². The van der Waals surface area contributed by atoms with Crippen molar-refractivity contribution < 1.29 is 4.74 Å². The molecule has 1 saturated heterocycles. The number of nitrogens with zero attached hydrogens (tertiary/aromatic N) is 2. The molecule has 3 heterocycles. The molecule has 15 heavy (non-hydrogen) atoms. The second-order valence-corrected chi connectivity index (χ2v) is 5.73. The minimum absolute atomic E-state index is 0.553. The summed E-state index contributed by atoms with van der Waals surface area (Å²) in [7, 11) is 0. The van der Waals surface area contributed by atoms with Gasteiger partial charge in [0.25, 0.3) is 0 Å². The van der Waals surface area contributed by atoms with Gasteiger partial charge in [-0.25, -0.2) is 0 Å². The van der Waals surface area contributed by atoms with Gasteiger partial charge in [0.15, 0.2) is 0 Å². The molecule has 0 spiro atoms. The van der Waals surface area contributed by atoms with Crippen LogP contribution in [0.5, 0.6) is 0 Å². The monoisotopic (exact) mass is 288 g/mol. The summed E-state index contributed by atoms with van der Waals surface area (Å²) in [5, 5.41) is 4.62. The van der Waals surface area contributed by atoms with Crippen LogP contribution in [0.3, 0.4) is 0 Å². The minimum atomic E-state index is 0.553. The molecule has 0 amide bonds. The average Bonchev–Trinajstić information content (AvgIpc) is 2.84. The molecule has 82 valence electrons. The second-order valence-electron chi connectivity index (χ2n) is 4.00. The van der Waals surface area contributed by atoms with Crippen LogP contribution in [0.4, 0.5) is 0 Å². The summed E-state index contributed by atoms with van der Waals surface area (Å²) in [6.45, 7) is 1.76. The number of aromatic nitrogens is 2. The number of fused-ring (bicyclic) bond motifs is 1. The van der Waals surface area contributed by atoms with Crippen molar-refractivity contribution in [2.45, 2.75) is 30.4 Å². The van der Waals surface area contributed by atoms with E-state index in [1.165, 1.54) is 11.3 Å². The first kappa shape index (κ1) is 10.2. The summed E-state index contributed by atoms with van der Waals surface area (Å²) in [5.74, 6) is 2.23. The van der Waals surface area contributed by atoms with E-state index in [-0.39, 0.29) is 0 Å². The van der Waals surface area contributed by atoms with Gasteiger partial charge in [0.1, 0.15) is 4.60 Å². The Morgan fingerprint density at radius 2 is 2.13 bits per heavy atom. The topological polar surface area (TPSA) is 27.1 Å². The Morgan fingerprint density at radius 3 is 2.93 bits per heavy atom. The predicted molar refractivity (Wildman–Crippen MR) is 64.0 cm³/mol. The minimum Gasteiger partial charge on any atom is -0.381 e. The molecule has 0 N–H and O–H groups in total. The first-order valence-corrected chi connectivity index (χ1v) is 7.22. The van der Waals surface area contributed by atoms with Crippen LogP contribution in [0.2, 0.25) is 0 Å². The summed E-state index contributed by atoms with van der Waals surface area (Å²) in [6.07, 6.45) is 2.20. The molecule has 5 heteroatoms. The van der Waals surface area contributed by atoms with Gasteiger partial charge in [0.2, 0.25) is 0 Å². The van der Waals surface area contributed by atoms with E-state index >= 15 is 0 Å². The van der Waals surface area contributed by atoms with Crippen molar-refractivity contribution in [3.8, 4) is 0 Å². The third-order valence-corrected chi connectivity index (χ3v) is 4.70. The largest absolute Gasteiger partial charge is 0.381 e. The van der Waals surface area contributed by atoms with Crippen molar-refractivity contribution in [1.29, 1.82) is 0 Å². The van der Waals surface area contributed by atoms with Crippen molar-refractivity contribution in [2.24, 2.45) is 0 Å². The lowest BCUT2D eigenvalue weighted by molar-refractivity contribution is 0.0655. The third-order valence-electron chi connectivity index (χ3n) is 3.09. The highest BCUT2D eigenvalue weighted by Crippen LogP contribution is 2.37. The molecular weight excluding hydrogens is 276 g/mol. The summed E-state index contributed by atoms with van der Waals surface area (Å²) in [5.41, 5.74) is 2.84. The zero-order valence-corrected chi connectivity index (χ0v) is 10.8. The van der Waals surface area contributed by atoms with Crippen LogP contribution in [-0.4, -0.2) is 23.0 Å². The predicted octanol–water partition coefficient (Wildman–Crippen LogP) is 2.74. The van der Waals surface area contributed by atoms with Crippen LogP contribution in [0.1, 0.15) is 30.1 Å². The number of thioether (sulfide) groups is 1. The number of halogens is 1. The van der Waals surface area contributed by atoms with E-state index in [1.807, 2.05) is 11.8 Å². The van der Waals surface area contributed by atoms with Crippen LogP contribution >= 0.6 is 27.7 Å². The molecule has 3 nitrogen and oxygen atoms in total. The van der Waals surface area contributed by atoms with Gasteiger partial charge < -0.3 is 4.74 Å². The lowest BCUT2D eigenvalue weighted by Crippen LogP contribution is -2.21. The van der Waals surface area contributed by atoms with Gasteiger partial charge >= 0.3 is 0 Å².